The molecule has 5 nitrogen and oxygen atoms in total. The van der Waals surface area contributed by atoms with Crippen molar-refractivity contribution in [2.45, 2.75) is 37.8 Å². The standard InChI is InChI=1S/C10H16FNO4/c11-5-8(10(14)15)12-9(13)6-16-7-3-1-2-4-7/h7-8H,1-6H2,(H,12,13)(H,14,15). The van der Waals surface area contributed by atoms with E-state index in [1.807, 2.05) is 0 Å². The molecule has 0 heterocycles. The van der Waals surface area contributed by atoms with Crippen LogP contribution in [0.5, 0.6) is 0 Å². The molecular formula is C10H16FNO4. The normalized spacial score (nSPS) is 18.3. The molecule has 16 heavy (non-hydrogen) atoms. The number of carbonyl (C=O) groups is 2. The number of alkyl halides is 1. The summed E-state index contributed by atoms with van der Waals surface area (Å²) in [6.45, 7) is -1.32. The monoisotopic (exact) mass is 233 g/mol. The molecule has 1 aliphatic rings. The number of nitrogens with one attached hydrogen (secondary N) is 1. The number of carboxylic acid groups (broad SMARTS) is 1. The second kappa shape index (κ2) is 6.42. The van der Waals surface area contributed by atoms with Crippen LogP contribution in [-0.4, -0.2) is 42.4 Å². The summed E-state index contributed by atoms with van der Waals surface area (Å²) in [5.41, 5.74) is 0. The Kier molecular flexibility index (Phi) is 5.18. The van der Waals surface area contributed by atoms with Gasteiger partial charge in [-0.1, -0.05) is 12.8 Å². The first-order valence-electron chi connectivity index (χ1n) is 5.33. The second-order valence-electron chi connectivity index (χ2n) is 3.83. The smallest absolute Gasteiger partial charge is 0.328 e. The van der Waals surface area contributed by atoms with Gasteiger partial charge in [0.15, 0.2) is 6.04 Å². The lowest BCUT2D eigenvalue weighted by atomic mass is 10.3. The molecule has 0 radical (unpaired) electrons. The van der Waals surface area contributed by atoms with Crippen molar-refractivity contribution in [2.75, 3.05) is 13.3 Å². The van der Waals surface area contributed by atoms with Gasteiger partial charge in [0.05, 0.1) is 6.10 Å². The Hall–Kier alpha value is -1.17. The van der Waals surface area contributed by atoms with Crippen LogP contribution < -0.4 is 5.32 Å². The highest BCUT2D eigenvalue weighted by Gasteiger charge is 2.21. The fourth-order valence-electron chi connectivity index (χ4n) is 1.65. The van der Waals surface area contributed by atoms with Gasteiger partial charge in [-0.3, -0.25) is 4.79 Å². The molecule has 1 aliphatic carbocycles. The van der Waals surface area contributed by atoms with Crippen molar-refractivity contribution >= 4 is 11.9 Å². The van der Waals surface area contributed by atoms with Crippen molar-refractivity contribution in [1.29, 1.82) is 0 Å². The highest BCUT2D eigenvalue weighted by atomic mass is 19.1. The molecule has 1 saturated carbocycles. The summed E-state index contributed by atoms with van der Waals surface area (Å²) in [4.78, 5) is 21.6. The number of hydrogen-bond acceptors (Lipinski definition) is 3. The minimum Gasteiger partial charge on any atom is -0.480 e. The van der Waals surface area contributed by atoms with Crippen LogP contribution in [0, 0.1) is 0 Å². The van der Waals surface area contributed by atoms with Gasteiger partial charge in [0.2, 0.25) is 5.91 Å². The average molecular weight is 233 g/mol. The zero-order chi connectivity index (χ0) is 12.0. The Labute approximate surface area is 93.0 Å². The first kappa shape index (κ1) is 12.9. The number of halogens is 1. The van der Waals surface area contributed by atoms with Gasteiger partial charge in [-0.2, -0.15) is 0 Å². The van der Waals surface area contributed by atoms with Gasteiger partial charge in [-0.15, -0.1) is 0 Å². The van der Waals surface area contributed by atoms with Crippen LogP contribution in [0.1, 0.15) is 25.7 Å². The maximum Gasteiger partial charge on any atom is 0.328 e. The highest BCUT2D eigenvalue weighted by Crippen LogP contribution is 2.20. The Morgan fingerprint density at radius 2 is 2.06 bits per heavy atom. The summed E-state index contributed by atoms with van der Waals surface area (Å²) < 4.78 is 17.4. The Morgan fingerprint density at radius 3 is 2.56 bits per heavy atom. The third kappa shape index (κ3) is 4.14. The first-order valence-corrected chi connectivity index (χ1v) is 5.33. The molecule has 1 fully saturated rings. The van der Waals surface area contributed by atoms with Crippen LogP contribution >= 0.6 is 0 Å². The summed E-state index contributed by atoms with van der Waals surface area (Å²) in [5.74, 6) is -1.96. The van der Waals surface area contributed by atoms with Gasteiger partial charge in [0.25, 0.3) is 0 Å². The van der Waals surface area contributed by atoms with E-state index in [9.17, 15) is 14.0 Å². The molecule has 0 aromatic carbocycles. The van der Waals surface area contributed by atoms with Gasteiger partial charge in [0.1, 0.15) is 13.3 Å². The lowest BCUT2D eigenvalue weighted by Crippen LogP contribution is -2.44. The summed E-state index contributed by atoms with van der Waals surface area (Å²) >= 11 is 0. The van der Waals surface area contributed by atoms with E-state index in [-0.39, 0.29) is 12.7 Å². The van der Waals surface area contributed by atoms with E-state index in [4.69, 9.17) is 9.84 Å². The van der Waals surface area contributed by atoms with Crippen LogP contribution in [0.3, 0.4) is 0 Å². The molecule has 0 bridgehead atoms. The number of hydrogen-bond donors (Lipinski definition) is 2. The largest absolute Gasteiger partial charge is 0.480 e. The Balaban J connectivity index is 2.21. The van der Waals surface area contributed by atoms with E-state index < -0.39 is 24.6 Å². The zero-order valence-electron chi connectivity index (χ0n) is 8.95. The molecule has 92 valence electrons. The van der Waals surface area contributed by atoms with Crippen LogP contribution in [0.25, 0.3) is 0 Å². The minimum atomic E-state index is -1.47. The van der Waals surface area contributed by atoms with E-state index in [1.54, 1.807) is 0 Å². The third-order valence-electron chi connectivity index (χ3n) is 2.54. The van der Waals surface area contributed by atoms with E-state index in [0.717, 1.165) is 25.7 Å². The van der Waals surface area contributed by atoms with Crippen LogP contribution in [0.2, 0.25) is 0 Å². The molecule has 2 N–H and O–H groups in total. The Bertz CT molecular complexity index is 253. The SMILES string of the molecule is O=C(COC1CCCC1)NC(CF)C(=O)O. The van der Waals surface area contributed by atoms with Crippen molar-refractivity contribution in [2.24, 2.45) is 0 Å². The topological polar surface area (TPSA) is 75.6 Å². The summed E-state index contributed by atoms with van der Waals surface area (Å²) in [5, 5.41) is 10.6. The number of amides is 1. The average Bonchev–Trinajstić information content (AvgIpc) is 2.75. The van der Waals surface area contributed by atoms with Crippen molar-refractivity contribution in [3.05, 3.63) is 0 Å². The predicted octanol–water partition coefficient (Wildman–Crippen LogP) is 0.484. The van der Waals surface area contributed by atoms with Gasteiger partial charge in [0, 0.05) is 0 Å². The van der Waals surface area contributed by atoms with Gasteiger partial charge < -0.3 is 15.2 Å². The molecule has 1 rings (SSSR count). The second-order valence-corrected chi connectivity index (χ2v) is 3.83. The van der Waals surface area contributed by atoms with Crippen LogP contribution in [-0.2, 0) is 14.3 Å². The highest BCUT2D eigenvalue weighted by molar-refractivity contribution is 5.84. The van der Waals surface area contributed by atoms with E-state index in [0.29, 0.717) is 0 Å². The summed E-state index contributed by atoms with van der Waals surface area (Å²) in [6.07, 6.45) is 4.12. The quantitative estimate of drug-likeness (QED) is 0.699. The van der Waals surface area contributed by atoms with E-state index in [2.05, 4.69) is 5.32 Å². The molecule has 0 saturated heterocycles. The first-order chi connectivity index (χ1) is 7.63. The number of carbonyl (C=O) groups excluding carboxylic acids is 1. The fourth-order valence-corrected chi connectivity index (χ4v) is 1.65. The zero-order valence-corrected chi connectivity index (χ0v) is 8.95. The molecular weight excluding hydrogens is 217 g/mol. The molecule has 1 unspecified atom stereocenters. The lowest BCUT2D eigenvalue weighted by Gasteiger charge is -2.13. The van der Waals surface area contributed by atoms with Crippen LogP contribution in [0.4, 0.5) is 4.39 Å². The fraction of sp³-hybridized carbons (Fsp3) is 0.800. The van der Waals surface area contributed by atoms with Gasteiger partial charge in [-0.05, 0) is 12.8 Å². The van der Waals surface area contributed by atoms with Crippen molar-refractivity contribution < 1.29 is 23.8 Å². The van der Waals surface area contributed by atoms with Gasteiger partial charge in [-0.25, -0.2) is 9.18 Å². The number of rotatable bonds is 6. The molecule has 0 aromatic heterocycles. The molecule has 1 amide bonds. The van der Waals surface area contributed by atoms with Crippen molar-refractivity contribution in [3.8, 4) is 0 Å². The molecule has 0 spiro atoms. The number of aliphatic carboxylic acids is 1. The van der Waals surface area contributed by atoms with E-state index in [1.165, 1.54) is 0 Å². The van der Waals surface area contributed by atoms with Crippen molar-refractivity contribution in [3.63, 3.8) is 0 Å². The molecule has 1 atom stereocenters. The minimum absolute atomic E-state index is 0.0828. The maximum atomic E-state index is 12.2. The number of carboxylic acids is 1. The third-order valence-corrected chi connectivity index (χ3v) is 2.54. The Morgan fingerprint density at radius 1 is 1.44 bits per heavy atom. The predicted molar refractivity (Wildman–Crippen MR) is 53.7 cm³/mol. The van der Waals surface area contributed by atoms with Crippen LogP contribution in [0.15, 0.2) is 0 Å². The van der Waals surface area contributed by atoms with Crippen molar-refractivity contribution in [1.82, 2.24) is 5.32 Å². The van der Waals surface area contributed by atoms with E-state index >= 15 is 0 Å². The molecule has 6 heteroatoms. The lowest BCUT2D eigenvalue weighted by molar-refractivity contribution is -0.143. The summed E-state index contributed by atoms with van der Waals surface area (Å²) in [6, 6.07) is -1.47. The summed E-state index contributed by atoms with van der Waals surface area (Å²) in [7, 11) is 0. The number of ether oxygens (including phenoxy) is 1. The molecule has 0 aliphatic heterocycles. The molecule has 0 aromatic rings. The van der Waals surface area contributed by atoms with Gasteiger partial charge >= 0.3 is 5.97 Å². The maximum absolute atomic E-state index is 12.2.